The van der Waals surface area contributed by atoms with E-state index in [2.05, 4.69) is 0 Å². The summed E-state index contributed by atoms with van der Waals surface area (Å²) in [6.45, 7) is 0. The molecule has 0 spiro atoms. The Morgan fingerprint density at radius 1 is 1.03 bits per heavy atom. The second-order valence-electron chi connectivity index (χ2n) is 8.13. The van der Waals surface area contributed by atoms with Crippen LogP contribution in [0.3, 0.4) is 0 Å². The molecule has 3 aromatic rings. The van der Waals surface area contributed by atoms with Crippen molar-refractivity contribution in [2.75, 3.05) is 0 Å². The number of carbonyl (C=O) groups excluding carboxylic acids is 1. The van der Waals surface area contributed by atoms with E-state index in [1.807, 2.05) is 6.07 Å². The van der Waals surface area contributed by atoms with Crippen LogP contribution in [0.1, 0.15) is 45.9 Å². The first-order chi connectivity index (χ1) is 16.6. The van der Waals surface area contributed by atoms with Crippen molar-refractivity contribution in [1.82, 2.24) is 4.90 Å². The van der Waals surface area contributed by atoms with Crippen molar-refractivity contribution in [1.29, 1.82) is 5.26 Å². The molecule has 0 aliphatic carbocycles. The molecule has 1 aliphatic heterocycles. The summed E-state index contributed by atoms with van der Waals surface area (Å²) in [5.41, 5.74) is 0.737. The van der Waals surface area contributed by atoms with Crippen LogP contribution in [0.5, 0.6) is 0 Å². The Bertz CT molecular complexity index is 1330. The molecule has 35 heavy (non-hydrogen) atoms. The van der Waals surface area contributed by atoms with Gasteiger partial charge in [0, 0.05) is 10.6 Å². The number of carboxylic acids is 1. The summed E-state index contributed by atoms with van der Waals surface area (Å²) in [5.74, 6) is -1.72. The number of rotatable bonds is 4. The molecule has 5 nitrogen and oxygen atoms in total. The average molecular weight is 499 g/mol. The van der Waals surface area contributed by atoms with Crippen molar-refractivity contribution in [2.24, 2.45) is 0 Å². The Morgan fingerprint density at radius 3 is 2.31 bits per heavy atom. The number of nitriles is 1. The van der Waals surface area contributed by atoms with Crippen LogP contribution in [-0.2, 0) is 11.0 Å². The summed E-state index contributed by atoms with van der Waals surface area (Å²) in [6, 6.07) is 15.9. The lowest BCUT2D eigenvalue weighted by molar-refractivity contribution is -0.141. The van der Waals surface area contributed by atoms with E-state index in [-0.39, 0.29) is 17.5 Å². The molecule has 2 atom stereocenters. The minimum absolute atomic E-state index is 0.0796. The highest BCUT2D eigenvalue weighted by atomic mass is 35.5. The molecule has 0 aromatic heterocycles. The lowest BCUT2D eigenvalue weighted by atomic mass is 9.96. The third kappa shape index (κ3) is 4.73. The highest BCUT2D eigenvalue weighted by Gasteiger charge is 2.42. The van der Waals surface area contributed by atoms with E-state index in [4.69, 9.17) is 11.6 Å². The Balaban J connectivity index is 1.71. The van der Waals surface area contributed by atoms with Crippen molar-refractivity contribution >= 4 is 23.5 Å². The second kappa shape index (κ2) is 9.43. The summed E-state index contributed by atoms with van der Waals surface area (Å²) in [6.07, 6.45) is -3.84. The molecule has 0 bridgehead atoms. The molecule has 9 heteroatoms. The molecule has 1 heterocycles. The van der Waals surface area contributed by atoms with E-state index in [9.17, 15) is 33.1 Å². The molecule has 1 fully saturated rings. The molecule has 3 aromatic carbocycles. The van der Waals surface area contributed by atoms with Gasteiger partial charge in [-0.25, -0.2) is 4.79 Å². The molecule has 1 N–H and O–H groups in total. The minimum Gasteiger partial charge on any atom is -0.480 e. The van der Waals surface area contributed by atoms with Gasteiger partial charge in [-0.3, -0.25) is 4.79 Å². The number of nitrogens with zero attached hydrogens (tertiary/aromatic N) is 2. The SMILES string of the molecule is N#Cc1cc(C(=O)N2[C@@H](c3ccccc3Cl)CC[C@H]2C(=O)O)ccc1-c1ccc(C(F)(F)F)cc1. The lowest BCUT2D eigenvalue weighted by Gasteiger charge is -2.29. The smallest absolute Gasteiger partial charge is 0.416 e. The fraction of sp³-hybridized carbons (Fsp3) is 0.192. The van der Waals surface area contributed by atoms with Crippen molar-refractivity contribution in [2.45, 2.75) is 31.1 Å². The van der Waals surface area contributed by atoms with Crippen molar-refractivity contribution < 1.29 is 27.9 Å². The Labute approximate surface area is 204 Å². The number of hydrogen-bond donors (Lipinski definition) is 1. The zero-order valence-electron chi connectivity index (χ0n) is 18.1. The van der Waals surface area contributed by atoms with E-state index in [1.54, 1.807) is 24.3 Å². The van der Waals surface area contributed by atoms with Gasteiger partial charge in [0.25, 0.3) is 5.91 Å². The van der Waals surface area contributed by atoms with E-state index in [0.29, 0.717) is 28.1 Å². The molecule has 1 saturated heterocycles. The zero-order chi connectivity index (χ0) is 25.3. The van der Waals surface area contributed by atoms with Gasteiger partial charge in [-0.1, -0.05) is 48.0 Å². The predicted molar refractivity (Wildman–Crippen MR) is 123 cm³/mol. The first-order valence-corrected chi connectivity index (χ1v) is 11.0. The molecule has 0 saturated carbocycles. The van der Waals surface area contributed by atoms with Crippen LogP contribution in [-0.4, -0.2) is 27.9 Å². The van der Waals surface area contributed by atoms with Gasteiger partial charge in [-0.05, 0) is 59.9 Å². The predicted octanol–water partition coefficient (Wildman–Crippen LogP) is 6.33. The normalized spacial score (nSPS) is 17.7. The Morgan fingerprint density at radius 2 is 1.71 bits per heavy atom. The van der Waals surface area contributed by atoms with Gasteiger partial charge in [0.15, 0.2) is 0 Å². The molecular weight excluding hydrogens is 481 g/mol. The fourth-order valence-electron chi connectivity index (χ4n) is 4.40. The first kappa shape index (κ1) is 24.3. The molecule has 4 rings (SSSR count). The second-order valence-corrected chi connectivity index (χ2v) is 8.54. The van der Waals surface area contributed by atoms with Crippen LogP contribution in [0.15, 0.2) is 66.7 Å². The number of halogens is 4. The average Bonchev–Trinajstić information content (AvgIpc) is 3.28. The number of benzene rings is 3. The monoisotopic (exact) mass is 498 g/mol. The van der Waals surface area contributed by atoms with Gasteiger partial charge in [0.2, 0.25) is 0 Å². The lowest BCUT2D eigenvalue weighted by Crippen LogP contribution is -2.41. The third-order valence-electron chi connectivity index (χ3n) is 6.08. The maximum Gasteiger partial charge on any atom is 0.416 e. The summed E-state index contributed by atoms with van der Waals surface area (Å²) >= 11 is 6.32. The third-order valence-corrected chi connectivity index (χ3v) is 6.42. The standard InChI is InChI=1S/C26H18ClF3N2O3/c27-21-4-2-1-3-20(21)22-11-12-23(25(34)35)32(22)24(33)16-7-10-19(17(13-16)14-31)15-5-8-18(9-6-15)26(28,29)30/h1-10,13,22-23H,11-12H2,(H,34,35)/t22-,23+/m1/s1. The number of aliphatic carboxylic acids is 1. The topological polar surface area (TPSA) is 81.4 Å². The van der Waals surface area contributed by atoms with E-state index in [0.717, 1.165) is 12.1 Å². The van der Waals surface area contributed by atoms with Gasteiger partial charge in [0.05, 0.1) is 23.2 Å². The van der Waals surface area contributed by atoms with E-state index in [1.165, 1.54) is 35.2 Å². The van der Waals surface area contributed by atoms with Crippen molar-refractivity contribution in [3.05, 3.63) is 94.0 Å². The van der Waals surface area contributed by atoms with Crippen LogP contribution in [0, 0.1) is 11.3 Å². The van der Waals surface area contributed by atoms with Gasteiger partial charge in [0.1, 0.15) is 6.04 Å². The maximum absolute atomic E-state index is 13.5. The highest BCUT2D eigenvalue weighted by Crippen LogP contribution is 2.40. The summed E-state index contributed by atoms with van der Waals surface area (Å²) in [5, 5.41) is 19.8. The van der Waals surface area contributed by atoms with Crippen LogP contribution < -0.4 is 0 Å². The van der Waals surface area contributed by atoms with E-state index >= 15 is 0 Å². The summed E-state index contributed by atoms with van der Waals surface area (Å²) in [7, 11) is 0. The number of carbonyl (C=O) groups is 2. The number of likely N-dealkylation sites (tertiary alicyclic amines) is 1. The van der Waals surface area contributed by atoms with E-state index < -0.39 is 35.7 Å². The van der Waals surface area contributed by atoms with Crippen LogP contribution in [0.25, 0.3) is 11.1 Å². The Kier molecular flexibility index (Phi) is 6.55. The summed E-state index contributed by atoms with van der Waals surface area (Å²) in [4.78, 5) is 26.7. The summed E-state index contributed by atoms with van der Waals surface area (Å²) < 4.78 is 38.6. The molecular formula is C26H18ClF3N2O3. The zero-order valence-corrected chi connectivity index (χ0v) is 18.8. The molecule has 1 aliphatic rings. The molecule has 0 unspecified atom stereocenters. The minimum atomic E-state index is -4.48. The van der Waals surface area contributed by atoms with Gasteiger partial charge < -0.3 is 10.0 Å². The van der Waals surface area contributed by atoms with Crippen molar-refractivity contribution in [3.8, 4) is 17.2 Å². The van der Waals surface area contributed by atoms with Crippen molar-refractivity contribution in [3.63, 3.8) is 0 Å². The number of alkyl halides is 3. The molecule has 0 radical (unpaired) electrons. The van der Waals surface area contributed by atoms with Crippen LogP contribution >= 0.6 is 11.6 Å². The van der Waals surface area contributed by atoms with Crippen LogP contribution in [0.4, 0.5) is 13.2 Å². The van der Waals surface area contributed by atoms with Gasteiger partial charge in [-0.15, -0.1) is 0 Å². The molecule has 1 amide bonds. The Hall–Kier alpha value is -3.83. The largest absolute Gasteiger partial charge is 0.480 e. The van der Waals surface area contributed by atoms with Gasteiger partial charge in [-0.2, -0.15) is 18.4 Å². The van der Waals surface area contributed by atoms with Crippen LogP contribution in [0.2, 0.25) is 5.02 Å². The highest BCUT2D eigenvalue weighted by molar-refractivity contribution is 6.31. The fourth-order valence-corrected chi connectivity index (χ4v) is 4.66. The quantitative estimate of drug-likeness (QED) is 0.456. The molecule has 178 valence electrons. The number of amides is 1. The maximum atomic E-state index is 13.5. The number of hydrogen-bond acceptors (Lipinski definition) is 3. The number of carboxylic acid groups (broad SMARTS) is 1. The van der Waals surface area contributed by atoms with Gasteiger partial charge >= 0.3 is 12.1 Å². The first-order valence-electron chi connectivity index (χ1n) is 10.6.